The van der Waals surface area contributed by atoms with Crippen LogP contribution in [0, 0.1) is 17.7 Å². The number of likely N-dealkylation sites (tertiary alicyclic amines) is 1. The fourth-order valence-electron chi connectivity index (χ4n) is 2.93. The van der Waals surface area contributed by atoms with E-state index in [4.69, 9.17) is 0 Å². The molecule has 0 radical (unpaired) electrons. The van der Waals surface area contributed by atoms with E-state index in [0.29, 0.717) is 23.6 Å². The van der Waals surface area contributed by atoms with E-state index in [0.717, 1.165) is 26.2 Å². The molecule has 0 atom stereocenters. The van der Waals surface area contributed by atoms with Gasteiger partial charge in [-0.3, -0.25) is 4.90 Å². The Morgan fingerprint density at radius 1 is 1.26 bits per heavy atom. The minimum Gasteiger partial charge on any atom is -0.321 e. The lowest BCUT2D eigenvalue weighted by Crippen LogP contribution is -2.62. The van der Waals surface area contributed by atoms with Crippen LogP contribution in [0.25, 0.3) is 0 Å². The molecule has 0 aliphatic carbocycles. The summed E-state index contributed by atoms with van der Waals surface area (Å²) in [6.45, 7) is 12.5. The summed E-state index contributed by atoms with van der Waals surface area (Å²) in [6.07, 6.45) is 0. The molecule has 2 amide bonds. The van der Waals surface area contributed by atoms with Crippen molar-refractivity contribution in [1.29, 1.82) is 0 Å². The fourth-order valence-corrected chi connectivity index (χ4v) is 2.93. The van der Waals surface area contributed by atoms with Crippen LogP contribution < -0.4 is 5.32 Å². The van der Waals surface area contributed by atoms with Gasteiger partial charge in [0.25, 0.3) is 0 Å². The molecule has 128 valence electrons. The average molecular weight is 321 g/mol. The van der Waals surface area contributed by atoms with Gasteiger partial charge in [-0.15, -0.1) is 0 Å². The second-order valence-electron chi connectivity index (χ2n) is 7.24. The third kappa shape index (κ3) is 5.20. The zero-order chi connectivity index (χ0) is 17.0. The lowest BCUT2D eigenvalue weighted by molar-refractivity contribution is 0.0464. The second-order valence-corrected chi connectivity index (χ2v) is 7.24. The van der Waals surface area contributed by atoms with E-state index in [1.165, 1.54) is 12.1 Å². The third-order valence-corrected chi connectivity index (χ3v) is 3.94. The maximum atomic E-state index is 13.2. The molecule has 0 saturated carbocycles. The molecule has 1 fully saturated rings. The number of hydrogen-bond donors (Lipinski definition) is 1. The van der Waals surface area contributed by atoms with E-state index >= 15 is 0 Å². The van der Waals surface area contributed by atoms with Crippen molar-refractivity contribution in [2.75, 3.05) is 31.5 Å². The number of nitrogens with one attached hydrogen (secondary N) is 1. The Hall–Kier alpha value is -1.62. The molecule has 0 bridgehead atoms. The summed E-state index contributed by atoms with van der Waals surface area (Å²) < 4.78 is 13.2. The first-order chi connectivity index (χ1) is 10.8. The first-order valence-corrected chi connectivity index (χ1v) is 8.40. The summed E-state index contributed by atoms with van der Waals surface area (Å²) in [4.78, 5) is 16.5. The van der Waals surface area contributed by atoms with E-state index in [-0.39, 0.29) is 11.8 Å². The molecule has 0 spiro atoms. The zero-order valence-corrected chi connectivity index (χ0v) is 14.6. The Kier molecular flexibility index (Phi) is 5.99. The Balaban J connectivity index is 1.85. The van der Waals surface area contributed by atoms with Crippen LogP contribution in [0.1, 0.15) is 27.7 Å². The number of anilines is 1. The summed E-state index contributed by atoms with van der Waals surface area (Å²) >= 11 is 0. The Labute approximate surface area is 138 Å². The van der Waals surface area contributed by atoms with Crippen molar-refractivity contribution >= 4 is 11.7 Å². The Bertz CT molecular complexity index is 517. The molecular weight excluding hydrogens is 293 g/mol. The zero-order valence-electron chi connectivity index (χ0n) is 14.6. The molecule has 1 aliphatic heterocycles. The first kappa shape index (κ1) is 17.7. The molecular formula is C18H28FN3O. The molecule has 1 saturated heterocycles. The molecule has 1 aliphatic rings. The number of amides is 2. The van der Waals surface area contributed by atoms with Crippen LogP contribution in [0.4, 0.5) is 14.9 Å². The SMILES string of the molecule is CC(C)CN(CC(C)C)C1CN(C(=O)Nc2cccc(F)c2)C1. The van der Waals surface area contributed by atoms with Crippen LogP contribution in [0.15, 0.2) is 24.3 Å². The summed E-state index contributed by atoms with van der Waals surface area (Å²) in [5.41, 5.74) is 0.500. The van der Waals surface area contributed by atoms with Gasteiger partial charge in [-0.1, -0.05) is 33.8 Å². The van der Waals surface area contributed by atoms with E-state index in [2.05, 4.69) is 37.9 Å². The molecule has 1 aromatic rings. The fraction of sp³-hybridized carbons (Fsp3) is 0.611. The summed E-state index contributed by atoms with van der Waals surface area (Å²) in [5.74, 6) is 0.886. The largest absolute Gasteiger partial charge is 0.321 e. The third-order valence-electron chi connectivity index (χ3n) is 3.94. The highest BCUT2D eigenvalue weighted by Crippen LogP contribution is 2.19. The van der Waals surface area contributed by atoms with Gasteiger partial charge < -0.3 is 10.2 Å². The van der Waals surface area contributed by atoms with Crippen LogP contribution in [0.3, 0.4) is 0 Å². The van der Waals surface area contributed by atoms with Crippen molar-refractivity contribution < 1.29 is 9.18 Å². The van der Waals surface area contributed by atoms with Gasteiger partial charge in [0.05, 0.1) is 0 Å². The molecule has 1 heterocycles. The van der Waals surface area contributed by atoms with Gasteiger partial charge in [-0.05, 0) is 30.0 Å². The number of rotatable bonds is 6. The number of halogens is 1. The van der Waals surface area contributed by atoms with Gasteiger partial charge in [0, 0.05) is 37.9 Å². The molecule has 4 nitrogen and oxygen atoms in total. The van der Waals surface area contributed by atoms with Crippen molar-refractivity contribution in [3.8, 4) is 0 Å². The highest BCUT2D eigenvalue weighted by molar-refractivity contribution is 5.89. The predicted molar refractivity (Wildman–Crippen MR) is 92.0 cm³/mol. The van der Waals surface area contributed by atoms with Crippen LogP contribution in [-0.4, -0.2) is 48.1 Å². The Morgan fingerprint density at radius 2 is 1.87 bits per heavy atom. The smallest absolute Gasteiger partial charge is 0.321 e. The number of carbonyl (C=O) groups is 1. The number of nitrogens with zero attached hydrogens (tertiary/aromatic N) is 2. The van der Waals surface area contributed by atoms with E-state index in [1.54, 1.807) is 17.0 Å². The van der Waals surface area contributed by atoms with Crippen molar-refractivity contribution in [3.05, 3.63) is 30.1 Å². The highest BCUT2D eigenvalue weighted by Gasteiger charge is 2.35. The molecule has 0 unspecified atom stereocenters. The van der Waals surface area contributed by atoms with Gasteiger partial charge in [-0.25, -0.2) is 9.18 Å². The lowest BCUT2D eigenvalue weighted by atomic mass is 10.0. The van der Waals surface area contributed by atoms with Crippen molar-refractivity contribution in [2.24, 2.45) is 11.8 Å². The summed E-state index contributed by atoms with van der Waals surface area (Å²) in [5, 5.41) is 2.75. The van der Waals surface area contributed by atoms with Crippen LogP contribution in [-0.2, 0) is 0 Å². The van der Waals surface area contributed by atoms with Crippen LogP contribution in [0.2, 0.25) is 0 Å². The molecule has 5 heteroatoms. The summed E-state index contributed by atoms with van der Waals surface area (Å²) in [6, 6.07) is 6.27. The number of benzene rings is 1. The average Bonchev–Trinajstić information content (AvgIpc) is 2.34. The van der Waals surface area contributed by atoms with E-state index < -0.39 is 0 Å². The monoisotopic (exact) mass is 321 g/mol. The standard InChI is InChI=1S/C18H28FN3O/c1-13(2)9-21(10-14(3)4)17-11-22(12-17)18(23)20-16-7-5-6-15(19)8-16/h5-8,13-14,17H,9-12H2,1-4H3,(H,20,23). The number of urea groups is 1. The molecule has 1 N–H and O–H groups in total. The second kappa shape index (κ2) is 7.77. The number of hydrogen-bond acceptors (Lipinski definition) is 2. The molecule has 23 heavy (non-hydrogen) atoms. The minimum atomic E-state index is -0.343. The van der Waals surface area contributed by atoms with Gasteiger partial charge in [-0.2, -0.15) is 0 Å². The number of carbonyl (C=O) groups excluding carboxylic acids is 1. The van der Waals surface area contributed by atoms with Gasteiger partial charge in [0.1, 0.15) is 5.82 Å². The predicted octanol–water partition coefficient (Wildman–Crippen LogP) is 3.66. The maximum Gasteiger partial charge on any atom is 0.321 e. The molecule has 2 rings (SSSR count). The molecule has 1 aromatic carbocycles. The van der Waals surface area contributed by atoms with Crippen molar-refractivity contribution in [1.82, 2.24) is 9.80 Å². The normalized spacial score (nSPS) is 15.4. The van der Waals surface area contributed by atoms with E-state index in [1.807, 2.05) is 0 Å². The van der Waals surface area contributed by atoms with Gasteiger partial charge >= 0.3 is 6.03 Å². The van der Waals surface area contributed by atoms with Crippen LogP contribution >= 0.6 is 0 Å². The van der Waals surface area contributed by atoms with Crippen LogP contribution in [0.5, 0.6) is 0 Å². The topological polar surface area (TPSA) is 35.6 Å². The van der Waals surface area contributed by atoms with Gasteiger partial charge in [0.15, 0.2) is 0 Å². The Morgan fingerprint density at radius 3 is 2.39 bits per heavy atom. The van der Waals surface area contributed by atoms with Crippen molar-refractivity contribution in [3.63, 3.8) is 0 Å². The van der Waals surface area contributed by atoms with Crippen molar-refractivity contribution in [2.45, 2.75) is 33.7 Å². The lowest BCUT2D eigenvalue weighted by Gasteiger charge is -2.46. The van der Waals surface area contributed by atoms with Gasteiger partial charge in [0.2, 0.25) is 0 Å². The minimum absolute atomic E-state index is 0.152. The summed E-state index contributed by atoms with van der Waals surface area (Å²) in [7, 11) is 0. The quantitative estimate of drug-likeness (QED) is 0.868. The molecule has 0 aromatic heterocycles. The first-order valence-electron chi connectivity index (χ1n) is 8.40. The maximum absolute atomic E-state index is 13.2. The van der Waals surface area contributed by atoms with E-state index in [9.17, 15) is 9.18 Å². The highest BCUT2D eigenvalue weighted by atomic mass is 19.1.